The minimum absolute atomic E-state index is 0.0663. The summed E-state index contributed by atoms with van der Waals surface area (Å²) >= 11 is 0. The van der Waals surface area contributed by atoms with E-state index in [9.17, 15) is 0 Å². The van der Waals surface area contributed by atoms with Crippen LogP contribution in [0, 0.1) is 0 Å². The molecule has 0 fully saturated rings. The Labute approximate surface area is 125 Å². The predicted molar refractivity (Wildman–Crippen MR) is 81.0 cm³/mol. The fourth-order valence-corrected chi connectivity index (χ4v) is 1.79. The van der Waals surface area contributed by atoms with Crippen LogP contribution in [-0.2, 0) is 19.6 Å². The molecule has 1 aromatic heterocycles. The molecule has 0 unspecified atom stereocenters. The Morgan fingerprint density at radius 3 is 2.67 bits per heavy atom. The molecule has 21 heavy (non-hydrogen) atoms. The van der Waals surface area contributed by atoms with Crippen LogP contribution in [-0.4, -0.2) is 15.7 Å². The van der Waals surface area contributed by atoms with Crippen LogP contribution in [0.15, 0.2) is 28.8 Å². The molecule has 0 radical (unpaired) electrons. The van der Waals surface area contributed by atoms with E-state index in [1.54, 1.807) is 0 Å². The Bertz CT molecular complexity index is 573. The summed E-state index contributed by atoms with van der Waals surface area (Å²) in [5.74, 6) is 2.05. The largest absolute Gasteiger partial charge is 0.485 e. The maximum Gasteiger partial charge on any atom is 0.226 e. The molecule has 0 amide bonds. The van der Waals surface area contributed by atoms with E-state index in [1.807, 2.05) is 25.1 Å². The highest BCUT2D eigenvalue weighted by Crippen LogP contribution is 2.19. The molecule has 5 heteroatoms. The highest BCUT2D eigenvalue weighted by molar-refractivity contribution is 5.33. The summed E-state index contributed by atoms with van der Waals surface area (Å²) in [4.78, 5) is 4.24. The van der Waals surface area contributed by atoms with Gasteiger partial charge in [-0.1, -0.05) is 30.3 Å². The minimum atomic E-state index is 0.0663. The van der Waals surface area contributed by atoms with Crippen LogP contribution in [0.2, 0.25) is 0 Å². The molecule has 0 aliphatic carbocycles. The van der Waals surface area contributed by atoms with Gasteiger partial charge in [-0.3, -0.25) is 0 Å². The highest BCUT2D eigenvalue weighted by Gasteiger charge is 2.11. The van der Waals surface area contributed by atoms with Gasteiger partial charge in [-0.2, -0.15) is 4.98 Å². The molecular formula is C16H23N3O2. The van der Waals surface area contributed by atoms with Crippen LogP contribution in [0.5, 0.6) is 5.75 Å². The van der Waals surface area contributed by atoms with E-state index in [0.29, 0.717) is 18.3 Å². The van der Waals surface area contributed by atoms with E-state index in [-0.39, 0.29) is 5.54 Å². The Hall–Kier alpha value is -1.88. The number of ether oxygens (including phenoxy) is 1. The lowest BCUT2D eigenvalue weighted by molar-refractivity contribution is 0.280. The van der Waals surface area contributed by atoms with Crippen molar-refractivity contribution < 1.29 is 9.26 Å². The molecule has 5 nitrogen and oxygen atoms in total. The van der Waals surface area contributed by atoms with Crippen molar-refractivity contribution >= 4 is 0 Å². The summed E-state index contributed by atoms with van der Waals surface area (Å²) in [6, 6.07) is 7.99. The van der Waals surface area contributed by atoms with Crippen LogP contribution in [0.4, 0.5) is 0 Å². The molecule has 114 valence electrons. The summed E-state index contributed by atoms with van der Waals surface area (Å²) < 4.78 is 10.9. The maximum atomic E-state index is 5.82. The van der Waals surface area contributed by atoms with Crippen molar-refractivity contribution in [1.29, 1.82) is 0 Å². The SMILES string of the molecule is CCc1nc(COc2ccccc2CNC(C)(C)C)no1. The van der Waals surface area contributed by atoms with Crippen LogP contribution >= 0.6 is 0 Å². The quantitative estimate of drug-likeness (QED) is 0.885. The second-order valence-electron chi connectivity index (χ2n) is 5.96. The molecule has 0 saturated heterocycles. The van der Waals surface area contributed by atoms with Gasteiger partial charge < -0.3 is 14.6 Å². The second kappa shape index (κ2) is 6.72. The first kappa shape index (κ1) is 15.5. The summed E-state index contributed by atoms with van der Waals surface area (Å²) in [6.07, 6.45) is 0.735. The first-order chi connectivity index (χ1) is 9.98. The van der Waals surface area contributed by atoms with Crippen molar-refractivity contribution in [2.24, 2.45) is 0 Å². The molecule has 1 heterocycles. The molecular weight excluding hydrogens is 266 g/mol. The normalized spacial score (nSPS) is 11.6. The topological polar surface area (TPSA) is 60.2 Å². The van der Waals surface area contributed by atoms with E-state index in [0.717, 1.165) is 24.3 Å². The zero-order chi connectivity index (χ0) is 15.3. The van der Waals surface area contributed by atoms with Gasteiger partial charge in [0.1, 0.15) is 5.75 Å². The van der Waals surface area contributed by atoms with E-state index in [2.05, 4.69) is 42.3 Å². The van der Waals surface area contributed by atoms with Crippen molar-refractivity contribution in [2.45, 2.75) is 52.8 Å². The second-order valence-corrected chi connectivity index (χ2v) is 5.96. The third-order valence-electron chi connectivity index (χ3n) is 2.95. The van der Waals surface area contributed by atoms with Crippen molar-refractivity contribution in [3.63, 3.8) is 0 Å². The third-order valence-corrected chi connectivity index (χ3v) is 2.95. The van der Waals surface area contributed by atoms with Gasteiger partial charge in [0, 0.05) is 24.1 Å². The lowest BCUT2D eigenvalue weighted by Gasteiger charge is -2.21. The highest BCUT2D eigenvalue weighted by atomic mass is 16.5. The summed E-state index contributed by atoms with van der Waals surface area (Å²) in [5, 5.41) is 7.35. The first-order valence-corrected chi connectivity index (χ1v) is 7.25. The summed E-state index contributed by atoms with van der Waals surface area (Å²) in [7, 11) is 0. The van der Waals surface area contributed by atoms with Gasteiger partial charge in [-0.25, -0.2) is 0 Å². The number of hydrogen-bond acceptors (Lipinski definition) is 5. The van der Waals surface area contributed by atoms with Gasteiger partial charge in [0.05, 0.1) is 0 Å². The molecule has 0 atom stereocenters. The lowest BCUT2D eigenvalue weighted by Crippen LogP contribution is -2.35. The average Bonchev–Trinajstić information content (AvgIpc) is 2.91. The maximum absolute atomic E-state index is 5.82. The zero-order valence-electron chi connectivity index (χ0n) is 13.1. The fraction of sp³-hybridized carbons (Fsp3) is 0.500. The third kappa shape index (κ3) is 4.86. The molecule has 2 aromatic rings. The number of para-hydroxylation sites is 1. The number of nitrogens with one attached hydrogen (secondary N) is 1. The average molecular weight is 289 g/mol. The smallest absolute Gasteiger partial charge is 0.226 e. The monoisotopic (exact) mass is 289 g/mol. The Morgan fingerprint density at radius 2 is 2.00 bits per heavy atom. The number of aromatic nitrogens is 2. The Balaban J connectivity index is 1.99. The summed E-state index contributed by atoms with van der Waals surface area (Å²) in [6.45, 7) is 9.47. The predicted octanol–water partition coefficient (Wildman–Crippen LogP) is 3.10. The number of rotatable bonds is 6. The van der Waals surface area contributed by atoms with E-state index >= 15 is 0 Å². The van der Waals surface area contributed by atoms with E-state index in [1.165, 1.54) is 0 Å². The molecule has 1 aromatic carbocycles. The first-order valence-electron chi connectivity index (χ1n) is 7.25. The Kier molecular flexibility index (Phi) is 4.96. The van der Waals surface area contributed by atoms with E-state index in [4.69, 9.17) is 9.26 Å². The minimum Gasteiger partial charge on any atom is -0.485 e. The molecule has 0 bridgehead atoms. The number of hydrogen-bond donors (Lipinski definition) is 1. The van der Waals surface area contributed by atoms with Gasteiger partial charge >= 0.3 is 0 Å². The van der Waals surface area contributed by atoms with Crippen LogP contribution in [0.25, 0.3) is 0 Å². The lowest BCUT2D eigenvalue weighted by atomic mass is 10.1. The van der Waals surface area contributed by atoms with Crippen molar-refractivity contribution in [2.75, 3.05) is 0 Å². The Morgan fingerprint density at radius 1 is 1.24 bits per heavy atom. The van der Waals surface area contributed by atoms with Crippen LogP contribution in [0.1, 0.15) is 45.0 Å². The van der Waals surface area contributed by atoms with Crippen molar-refractivity contribution in [1.82, 2.24) is 15.5 Å². The molecule has 0 saturated carbocycles. The standard InChI is InChI=1S/C16H23N3O2/c1-5-15-18-14(19-21-15)11-20-13-9-7-6-8-12(13)10-17-16(2,3)4/h6-9,17H,5,10-11H2,1-4H3. The molecule has 0 aliphatic heterocycles. The fourth-order valence-electron chi connectivity index (χ4n) is 1.79. The summed E-state index contributed by atoms with van der Waals surface area (Å²) in [5.41, 5.74) is 1.18. The number of nitrogens with zero attached hydrogens (tertiary/aromatic N) is 2. The number of aryl methyl sites for hydroxylation is 1. The van der Waals surface area contributed by atoms with Gasteiger partial charge in [0.2, 0.25) is 11.7 Å². The van der Waals surface area contributed by atoms with Crippen molar-refractivity contribution in [3.05, 3.63) is 41.5 Å². The van der Waals surface area contributed by atoms with Gasteiger partial charge in [0.15, 0.2) is 6.61 Å². The zero-order valence-corrected chi connectivity index (χ0v) is 13.1. The molecule has 2 rings (SSSR count). The van der Waals surface area contributed by atoms with Crippen molar-refractivity contribution in [3.8, 4) is 5.75 Å². The van der Waals surface area contributed by atoms with Gasteiger partial charge in [-0.15, -0.1) is 0 Å². The molecule has 0 aliphatic rings. The van der Waals surface area contributed by atoms with Gasteiger partial charge in [0.25, 0.3) is 0 Å². The molecule has 1 N–H and O–H groups in total. The molecule has 0 spiro atoms. The van der Waals surface area contributed by atoms with Gasteiger partial charge in [-0.05, 0) is 26.8 Å². The van der Waals surface area contributed by atoms with Crippen LogP contribution < -0.4 is 10.1 Å². The number of benzene rings is 1. The van der Waals surface area contributed by atoms with Crippen LogP contribution in [0.3, 0.4) is 0 Å². The van der Waals surface area contributed by atoms with E-state index < -0.39 is 0 Å².